The molecule has 4 heteroatoms. The number of nitrogens with one attached hydrogen (secondary N) is 1. The minimum Gasteiger partial charge on any atom is -0.295 e. The number of aromatic amines is 1. The number of nitrogens with zero attached hydrogens (tertiary/aromatic N) is 1. The topological polar surface area (TPSA) is 54.9 Å². The van der Waals surface area contributed by atoms with Crippen LogP contribution >= 0.6 is 0 Å². The zero-order chi connectivity index (χ0) is 19.1. The highest BCUT2D eigenvalue weighted by Gasteiger charge is 2.19. The first kappa shape index (κ1) is 17.0. The molecule has 1 aliphatic carbocycles. The van der Waals surface area contributed by atoms with Gasteiger partial charge in [0, 0.05) is 11.3 Å². The second-order valence-corrected chi connectivity index (χ2v) is 6.90. The Morgan fingerprint density at radius 3 is 2.48 bits per heavy atom. The number of allylic oxidation sites excluding steroid dienone is 2. The molecule has 4 rings (SSSR count). The Balaban J connectivity index is 1.87. The maximum atomic E-state index is 13.0. The summed E-state index contributed by atoms with van der Waals surface area (Å²) in [4.78, 5) is 25.5. The van der Waals surface area contributed by atoms with Gasteiger partial charge in [0.25, 0.3) is 5.56 Å². The normalized spacial score (nSPS) is 14.6. The minimum absolute atomic E-state index is 0.0913. The van der Waals surface area contributed by atoms with Gasteiger partial charge in [-0.2, -0.15) is 0 Å². The van der Waals surface area contributed by atoms with Crippen molar-refractivity contribution in [1.29, 1.82) is 0 Å². The average molecular weight is 356 g/mol. The van der Waals surface area contributed by atoms with Crippen LogP contribution in [0.15, 0.2) is 53.3 Å². The van der Waals surface area contributed by atoms with E-state index in [4.69, 9.17) is 0 Å². The predicted octanol–water partition coefficient (Wildman–Crippen LogP) is 4.23. The molecule has 0 spiro atoms. The fourth-order valence-electron chi connectivity index (χ4n) is 3.34. The fraction of sp³-hybridized carbons (Fsp3) is 0.130. The molecule has 134 valence electrons. The summed E-state index contributed by atoms with van der Waals surface area (Å²) in [5.41, 5.74) is 6.51. The van der Waals surface area contributed by atoms with E-state index >= 15 is 0 Å². The summed E-state index contributed by atoms with van der Waals surface area (Å²) in [7, 11) is 0. The van der Waals surface area contributed by atoms with Crippen molar-refractivity contribution >= 4 is 23.5 Å². The number of fused-ring (bicyclic) bond motifs is 1. The second-order valence-electron chi connectivity index (χ2n) is 6.90. The van der Waals surface area contributed by atoms with Gasteiger partial charge < -0.3 is 0 Å². The predicted molar refractivity (Wildman–Crippen MR) is 109 cm³/mol. The van der Waals surface area contributed by atoms with Gasteiger partial charge in [0.2, 0.25) is 0 Å². The van der Waals surface area contributed by atoms with Crippen LogP contribution in [0.5, 0.6) is 0 Å². The first-order valence-corrected chi connectivity index (χ1v) is 8.88. The Hall–Kier alpha value is -3.40. The Morgan fingerprint density at radius 2 is 1.70 bits per heavy atom. The van der Waals surface area contributed by atoms with E-state index < -0.39 is 0 Å². The van der Waals surface area contributed by atoms with Gasteiger partial charge in [-0.1, -0.05) is 36.4 Å². The van der Waals surface area contributed by atoms with Crippen LogP contribution in [-0.4, -0.2) is 15.6 Å². The molecule has 1 N–H and O–H groups in total. The molecule has 1 heterocycles. The number of hydrogen-bond acceptors (Lipinski definition) is 2. The van der Waals surface area contributed by atoms with Crippen LogP contribution in [0, 0.1) is 20.8 Å². The number of ketones is 1. The summed E-state index contributed by atoms with van der Waals surface area (Å²) in [5.74, 6) is -0.0913. The molecule has 0 radical (unpaired) electrons. The van der Waals surface area contributed by atoms with Crippen LogP contribution in [-0.2, 0) is 4.79 Å². The number of benzene rings is 2. The number of carbonyl (C=O) groups is 1. The Kier molecular flexibility index (Phi) is 4.04. The van der Waals surface area contributed by atoms with Crippen LogP contribution in [0.25, 0.3) is 23.4 Å². The molecule has 4 nitrogen and oxygen atoms in total. The molecule has 0 unspecified atom stereocenters. The first-order chi connectivity index (χ1) is 13.0. The van der Waals surface area contributed by atoms with Gasteiger partial charge in [0.15, 0.2) is 5.78 Å². The third kappa shape index (κ3) is 2.89. The van der Waals surface area contributed by atoms with Crippen molar-refractivity contribution in [2.75, 3.05) is 0 Å². The molecule has 0 amide bonds. The van der Waals surface area contributed by atoms with Gasteiger partial charge in [-0.15, -0.1) is 0 Å². The average Bonchev–Trinajstić information content (AvgIpc) is 2.94. The Labute approximate surface area is 157 Å². The molecule has 0 atom stereocenters. The van der Waals surface area contributed by atoms with Gasteiger partial charge in [0.05, 0.1) is 11.3 Å². The second kappa shape index (κ2) is 6.40. The largest absolute Gasteiger partial charge is 0.295 e. The van der Waals surface area contributed by atoms with E-state index in [9.17, 15) is 9.59 Å². The Morgan fingerprint density at radius 1 is 0.926 bits per heavy atom. The highest BCUT2D eigenvalue weighted by Crippen LogP contribution is 2.28. The molecular weight excluding hydrogens is 336 g/mol. The van der Waals surface area contributed by atoms with E-state index in [0.29, 0.717) is 11.1 Å². The van der Waals surface area contributed by atoms with Gasteiger partial charge in [-0.05, 0) is 67.3 Å². The number of rotatable bonds is 2. The first-order valence-electron chi connectivity index (χ1n) is 8.88. The number of hydrogen-bond donors (Lipinski definition) is 1. The monoisotopic (exact) mass is 356 g/mol. The van der Waals surface area contributed by atoms with Gasteiger partial charge >= 0.3 is 0 Å². The zero-order valence-corrected chi connectivity index (χ0v) is 15.5. The third-order valence-electron chi connectivity index (χ3n) is 5.09. The van der Waals surface area contributed by atoms with Crippen molar-refractivity contribution in [3.05, 3.63) is 92.4 Å². The summed E-state index contributed by atoms with van der Waals surface area (Å²) in [5, 5.41) is 3.13. The van der Waals surface area contributed by atoms with E-state index in [0.717, 1.165) is 28.1 Å². The molecule has 3 aromatic rings. The van der Waals surface area contributed by atoms with Crippen molar-refractivity contribution in [2.45, 2.75) is 20.8 Å². The van der Waals surface area contributed by atoms with Crippen LogP contribution in [0.1, 0.15) is 33.5 Å². The molecule has 1 aromatic heterocycles. The maximum Gasteiger partial charge on any atom is 0.278 e. The number of aromatic nitrogens is 2. The van der Waals surface area contributed by atoms with Crippen molar-refractivity contribution in [3.8, 4) is 5.69 Å². The van der Waals surface area contributed by atoms with E-state index in [1.54, 1.807) is 12.2 Å². The highest BCUT2D eigenvalue weighted by atomic mass is 16.1. The number of aryl methyl sites for hydroxylation is 3. The SMILES string of the molecule is Cc1ccc(-n2[nH]c(C)c(C=C3C(=O)C=Cc4ccccc43)c2=O)cc1C. The molecule has 1 aliphatic rings. The molecule has 27 heavy (non-hydrogen) atoms. The van der Waals surface area contributed by atoms with Gasteiger partial charge in [-0.25, -0.2) is 4.68 Å². The summed E-state index contributed by atoms with van der Waals surface area (Å²) in [6, 6.07) is 13.6. The van der Waals surface area contributed by atoms with E-state index in [1.807, 2.05) is 69.3 Å². The van der Waals surface area contributed by atoms with Crippen LogP contribution in [0.3, 0.4) is 0 Å². The van der Waals surface area contributed by atoms with Crippen molar-refractivity contribution < 1.29 is 4.79 Å². The van der Waals surface area contributed by atoms with Crippen molar-refractivity contribution in [3.63, 3.8) is 0 Å². The maximum absolute atomic E-state index is 13.0. The van der Waals surface area contributed by atoms with Crippen LogP contribution in [0.4, 0.5) is 0 Å². The molecular formula is C23H20N2O2. The summed E-state index contributed by atoms with van der Waals surface area (Å²) < 4.78 is 1.53. The smallest absolute Gasteiger partial charge is 0.278 e. The molecule has 0 bridgehead atoms. The van der Waals surface area contributed by atoms with E-state index in [1.165, 1.54) is 10.2 Å². The number of H-pyrrole nitrogens is 1. The molecule has 2 aromatic carbocycles. The van der Waals surface area contributed by atoms with Crippen molar-refractivity contribution in [1.82, 2.24) is 9.78 Å². The van der Waals surface area contributed by atoms with Crippen LogP contribution in [0.2, 0.25) is 0 Å². The van der Waals surface area contributed by atoms with E-state index in [2.05, 4.69) is 5.10 Å². The summed E-state index contributed by atoms with van der Waals surface area (Å²) in [6.07, 6.45) is 5.07. The molecule has 0 saturated carbocycles. The van der Waals surface area contributed by atoms with E-state index in [-0.39, 0.29) is 11.3 Å². The van der Waals surface area contributed by atoms with Crippen LogP contribution < -0.4 is 5.56 Å². The lowest BCUT2D eigenvalue weighted by Crippen LogP contribution is -2.16. The standard InChI is InChI=1S/C23H20N2O2/c1-14-8-10-18(12-15(14)2)25-23(27)20(16(3)24-25)13-21-19-7-5-4-6-17(19)9-11-22(21)26/h4-13,24H,1-3H3. The summed E-state index contributed by atoms with van der Waals surface area (Å²) >= 11 is 0. The lowest BCUT2D eigenvalue weighted by molar-refractivity contribution is -0.109. The summed E-state index contributed by atoms with van der Waals surface area (Å²) in [6.45, 7) is 5.91. The molecule has 0 saturated heterocycles. The third-order valence-corrected chi connectivity index (χ3v) is 5.09. The highest BCUT2D eigenvalue weighted by molar-refractivity contribution is 6.33. The molecule has 0 aliphatic heterocycles. The lowest BCUT2D eigenvalue weighted by atomic mass is 9.90. The number of carbonyl (C=O) groups excluding carboxylic acids is 1. The minimum atomic E-state index is -0.164. The quantitative estimate of drug-likeness (QED) is 0.699. The lowest BCUT2D eigenvalue weighted by Gasteiger charge is -2.12. The molecule has 0 fully saturated rings. The fourth-order valence-corrected chi connectivity index (χ4v) is 3.34. The zero-order valence-electron chi connectivity index (χ0n) is 15.5. The van der Waals surface area contributed by atoms with Gasteiger partial charge in [0.1, 0.15) is 0 Å². The van der Waals surface area contributed by atoms with Gasteiger partial charge in [-0.3, -0.25) is 14.7 Å². The Bertz CT molecular complexity index is 1190. The van der Waals surface area contributed by atoms with Crippen molar-refractivity contribution in [2.24, 2.45) is 0 Å².